The Kier molecular flexibility index (Phi) is 4.50. The molecule has 5 heteroatoms. The second kappa shape index (κ2) is 6.53. The molecule has 3 rings (SSSR count). The Morgan fingerprint density at radius 3 is 2.57 bits per heavy atom. The van der Waals surface area contributed by atoms with Gasteiger partial charge in [-0.2, -0.15) is 0 Å². The van der Waals surface area contributed by atoms with Gasteiger partial charge in [0.05, 0.1) is 0 Å². The van der Waals surface area contributed by atoms with Crippen molar-refractivity contribution < 1.29 is 14.2 Å². The van der Waals surface area contributed by atoms with Gasteiger partial charge in [0.15, 0.2) is 11.5 Å². The third-order valence-electron chi connectivity index (χ3n) is 3.23. The van der Waals surface area contributed by atoms with E-state index in [9.17, 15) is 0 Å². The summed E-state index contributed by atoms with van der Waals surface area (Å²) in [6.07, 6.45) is 0. The Morgan fingerprint density at radius 2 is 1.86 bits per heavy atom. The van der Waals surface area contributed by atoms with E-state index in [1.165, 1.54) is 3.57 Å². The number of fused-ring (bicyclic) bond motifs is 1. The zero-order valence-electron chi connectivity index (χ0n) is 11.7. The van der Waals surface area contributed by atoms with Gasteiger partial charge in [-0.1, -0.05) is 12.1 Å². The Balaban J connectivity index is 1.78. The average molecular weight is 397 g/mol. The lowest BCUT2D eigenvalue weighted by Crippen LogP contribution is -2.07. The van der Waals surface area contributed by atoms with Crippen LogP contribution in [-0.4, -0.2) is 13.8 Å². The van der Waals surface area contributed by atoms with E-state index in [0.29, 0.717) is 6.61 Å². The van der Waals surface area contributed by atoms with E-state index in [4.69, 9.17) is 14.2 Å². The lowest BCUT2D eigenvalue weighted by atomic mass is 10.1. The second-order valence-corrected chi connectivity index (χ2v) is 6.00. The van der Waals surface area contributed by atoms with Gasteiger partial charge in [0, 0.05) is 21.7 Å². The molecule has 0 radical (unpaired) electrons. The van der Waals surface area contributed by atoms with Crippen LogP contribution in [0.25, 0.3) is 0 Å². The molecular weight excluding hydrogens is 381 g/mol. The smallest absolute Gasteiger partial charge is 0.231 e. The van der Waals surface area contributed by atoms with Crippen molar-refractivity contribution in [3.05, 3.63) is 51.1 Å². The topological polar surface area (TPSA) is 39.7 Å². The molecular formula is C16H16INO3. The molecule has 0 atom stereocenters. The summed E-state index contributed by atoms with van der Waals surface area (Å²) in [6.45, 7) is 1.53. The van der Waals surface area contributed by atoms with Crippen molar-refractivity contribution in [2.24, 2.45) is 0 Å². The third-order valence-corrected chi connectivity index (χ3v) is 3.95. The average Bonchev–Trinajstić information content (AvgIpc) is 2.94. The number of rotatable bonds is 5. The van der Waals surface area contributed by atoms with Gasteiger partial charge in [-0.15, -0.1) is 0 Å². The van der Waals surface area contributed by atoms with Gasteiger partial charge >= 0.3 is 0 Å². The van der Waals surface area contributed by atoms with Crippen LogP contribution in [0.3, 0.4) is 0 Å². The summed E-state index contributed by atoms with van der Waals surface area (Å²) in [5, 5.41) is 3.14. The number of hydrogen-bond acceptors (Lipinski definition) is 4. The Labute approximate surface area is 137 Å². The van der Waals surface area contributed by atoms with Crippen LogP contribution in [0.5, 0.6) is 17.2 Å². The van der Waals surface area contributed by atoms with Crippen LogP contribution in [0.15, 0.2) is 36.4 Å². The summed E-state index contributed by atoms with van der Waals surface area (Å²) in [4.78, 5) is 0. The highest BCUT2D eigenvalue weighted by atomic mass is 127. The minimum Gasteiger partial charge on any atom is -0.488 e. The van der Waals surface area contributed by atoms with Gasteiger partial charge in [-0.25, -0.2) is 0 Å². The van der Waals surface area contributed by atoms with Crippen molar-refractivity contribution in [3.8, 4) is 17.2 Å². The quantitative estimate of drug-likeness (QED) is 0.786. The SMILES string of the molecule is CNCc1cc2c(cc1OCc1ccc(I)cc1)OCO2. The van der Waals surface area contributed by atoms with Crippen LogP contribution in [0.2, 0.25) is 0 Å². The largest absolute Gasteiger partial charge is 0.488 e. The predicted octanol–water partition coefficient (Wildman–Crippen LogP) is 3.32. The zero-order chi connectivity index (χ0) is 14.7. The Morgan fingerprint density at radius 1 is 1.14 bits per heavy atom. The standard InChI is InChI=1S/C16H16INO3/c1-18-8-12-6-15-16(21-10-20-15)7-14(12)19-9-11-2-4-13(17)5-3-11/h2-7,18H,8-10H2,1H3. The molecule has 1 aliphatic rings. The molecule has 4 nitrogen and oxygen atoms in total. The minimum absolute atomic E-state index is 0.273. The molecule has 1 N–H and O–H groups in total. The van der Waals surface area contributed by atoms with Crippen molar-refractivity contribution in [1.82, 2.24) is 5.32 Å². The summed E-state index contributed by atoms with van der Waals surface area (Å²) >= 11 is 2.29. The van der Waals surface area contributed by atoms with E-state index < -0.39 is 0 Å². The summed E-state index contributed by atoms with van der Waals surface area (Å²) in [7, 11) is 1.91. The van der Waals surface area contributed by atoms with Crippen LogP contribution in [0.1, 0.15) is 11.1 Å². The summed E-state index contributed by atoms with van der Waals surface area (Å²) in [6, 6.07) is 12.2. The van der Waals surface area contributed by atoms with Gasteiger partial charge in [-0.05, 0) is 53.4 Å². The highest BCUT2D eigenvalue weighted by Crippen LogP contribution is 2.38. The van der Waals surface area contributed by atoms with Crippen molar-refractivity contribution in [1.29, 1.82) is 0 Å². The summed E-state index contributed by atoms with van der Waals surface area (Å²) < 4.78 is 18.0. The van der Waals surface area contributed by atoms with Crippen LogP contribution < -0.4 is 19.5 Å². The number of halogens is 1. The molecule has 0 saturated heterocycles. The fourth-order valence-electron chi connectivity index (χ4n) is 2.17. The number of nitrogens with one attached hydrogen (secondary N) is 1. The number of ether oxygens (including phenoxy) is 3. The number of hydrogen-bond donors (Lipinski definition) is 1. The third kappa shape index (κ3) is 3.41. The fraction of sp³-hybridized carbons (Fsp3) is 0.250. The highest BCUT2D eigenvalue weighted by Gasteiger charge is 2.17. The van der Waals surface area contributed by atoms with Crippen LogP contribution in [0.4, 0.5) is 0 Å². The molecule has 1 heterocycles. The Hall–Kier alpha value is -1.47. The highest BCUT2D eigenvalue weighted by molar-refractivity contribution is 14.1. The predicted molar refractivity (Wildman–Crippen MR) is 88.8 cm³/mol. The first-order valence-corrected chi connectivity index (χ1v) is 7.78. The van der Waals surface area contributed by atoms with Crippen molar-refractivity contribution in [2.45, 2.75) is 13.2 Å². The van der Waals surface area contributed by atoms with E-state index in [2.05, 4.69) is 52.2 Å². The van der Waals surface area contributed by atoms with Crippen LogP contribution in [0, 0.1) is 3.57 Å². The van der Waals surface area contributed by atoms with Gasteiger partial charge in [0.25, 0.3) is 0 Å². The van der Waals surface area contributed by atoms with Crippen molar-refractivity contribution >= 4 is 22.6 Å². The maximum atomic E-state index is 5.96. The van der Waals surface area contributed by atoms with Gasteiger partial charge in [-0.3, -0.25) is 0 Å². The van der Waals surface area contributed by atoms with Crippen molar-refractivity contribution in [3.63, 3.8) is 0 Å². The molecule has 0 bridgehead atoms. The molecule has 0 fully saturated rings. The van der Waals surface area contributed by atoms with E-state index in [1.807, 2.05) is 19.2 Å². The number of benzene rings is 2. The molecule has 110 valence electrons. The maximum absolute atomic E-state index is 5.96. The molecule has 2 aromatic rings. The molecule has 0 aromatic heterocycles. The van der Waals surface area contributed by atoms with E-state index in [0.717, 1.165) is 34.9 Å². The van der Waals surface area contributed by atoms with Gasteiger partial charge in [0.2, 0.25) is 6.79 Å². The lowest BCUT2D eigenvalue weighted by molar-refractivity contribution is 0.173. The summed E-state index contributed by atoms with van der Waals surface area (Å²) in [5.74, 6) is 2.35. The fourth-order valence-corrected chi connectivity index (χ4v) is 2.53. The molecule has 0 spiro atoms. The molecule has 0 aliphatic carbocycles. The van der Waals surface area contributed by atoms with Gasteiger partial charge in [0.1, 0.15) is 12.4 Å². The molecule has 0 unspecified atom stereocenters. The normalized spacial score (nSPS) is 12.5. The molecule has 1 aliphatic heterocycles. The molecule has 2 aromatic carbocycles. The zero-order valence-corrected chi connectivity index (χ0v) is 13.8. The molecule has 21 heavy (non-hydrogen) atoms. The first-order valence-electron chi connectivity index (χ1n) is 6.70. The minimum atomic E-state index is 0.273. The maximum Gasteiger partial charge on any atom is 0.231 e. The lowest BCUT2D eigenvalue weighted by Gasteiger charge is -2.12. The molecule has 0 amide bonds. The van der Waals surface area contributed by atoms with Crippen LogP contribution in [-0.2, 0) is 13.2 Å². The first-order chi connectivity index (χ1) is 10.3. The van der Waals surface area contributed by atoms with E-state index in [-0.39, 0.29) is 6.79 Å². The monoisotopic (exact) mass is 397 g/mol. The Bertz CT molecular complexity index is 628. The second-order valence-electron chi connectivity index (χ2n) is 4.76. The first kappa shape index (κ1) is 14.5. The molecule has 0 saturated carbocycles. The van der Waals surface area contributed by atoms with Gasteiger partial charge < -0.3 is 19.5 Å². The van der Waals surface area contributed by atoms with E-state index in [1.54, 1.807) is 0 Å². The summed E-state index contributed by atoms with van der Waals surface area (Å²) in [5.41, 5.74) is 2.20. The van der Waals surface area contributed by atoms with E-state index >= 15 is 0 Å². The van der Waals surface area contributed by atoms with Crippen LogP contribution >= 0.6 is 22.6 Å². The van der Waals surface area contributed by atoms with Crippen molar-refractivity contribution in [2.75, 3.05) is 13.8 Å².